The molecule has 0 amide bonds. The smallest absolute Gasteiger partial charge is 0.255 e. The molecule has 0 fully saturated rings. The number of aromatic nitrogens is 3. The van der Waals surface area contributed by atoms with Crippen molar-refractivity contribution in [3.8, 4) is 22.5 Å². The van der Waals surface area contributed by atoms with Gasteiger partial charge in [-0.1, -0.05) is 28.1 Å². The molecule has 160 valence electrons. The van der Waals surface area contributed by atoms with Crippen LogP contribution >= 0.6 is 15.9 Å². The Bertz CT molecular complexity index is 1330. The van der Waals surface area contributed by atoms with Gasteiger partial charge in [0.2, 0.25) is 0 Å². The zero-order valence-corrected chi connectivity index (χ0v) is 19.0. The summed E-state index contributed by atoms with van der Waals surface area (Å²) in [4.78, 5) is 27.2. The second-order valence-electron chi connectivity index (χ2n) is 7.97. The maximum absolute atomic E-state index is 12.9. The van der Waals surface area contributed by atoms with Crippen molar-refractivity contribution in [3.05, 3.63) is 98.6 Å². The summed E-state index contributed by atoms with van der Waals surface area (Å²) in [6.45, 7) is 2.11. The Labute approximate surface area is 194 Å². The molecule has 7 heteroatoms. The molecular formula is C25H22BrN5O. The number of anilines is 1. The standard InChI is InChI=1S/C25H22BrN5O/c26-19-3-1-2-17(12-19)21-8-10-28-13-18(21)14-31-11-9-23-22(15-31)25(32)30-24(29-23)16-4-6-20(27)7-5-16/h1-8,10,12-13H,9,11,14-15,27H2,(H,29,30,32). The first-order chi connectivity index (χ1) is 15.6. The van der Waals surface area contributed by atoms with Gasteiger partial charge in [-0.2, -0.15) is 0 Å². The molecule has 0 saturated carbocycles. The molecule has 1 aliphatic rings. The number of nitrogens with one attached hydrogen (secondary N) is 1. The van der Waals surface area contributed by atoms with E-state index in [-0.39, 0.29) is 5.56 Å². The van der Waals surface area contributed by atoms with Gasteiger partial charge in [-0.15, -0.1) is 0 Å². The summed E-state index contributed by atoms with van der Waals surface area (Å²) in [5.74, 6) is 0.589. The van der Waals surface area contributed by atoms with E-state index in [9.17, 15) is 4.79 Å². The van der Waals surface area contributed by atoms with E-state index >= 15 is 0 Å². The fourth-order valence-electron chi connectivity index (χ4n) is 4.13. The molecule has 5 rings (SSSR count). The first kappa shape index (κ1) is 20.6. The number of nitrogen functional groups attached to an aromatic ring is 1. The molecule has 2 aromatic carbocycles. The number of benzene rings is 2. The summed E-state index contributed by atoms with van der Waals surface area (Å²) < 4.78 is 1.04. The van der Waals surface area contributed by atoms with Crippen LogP contribution in [0.3, 0.4) is 0 Å². The van der Waals surface area contributed by atoms with Crippen LogP contribution in [0.25, 0.3) is 22.5 Å². The number of H-pyrrole nitrogens is 1. The highest BCUT2D eigenvalue weighted by Gasteiger charge is 2.22. The van der Waals surface area contributed by atoms with Gasteiger partial charge in [-0.05, 0) is 59.2 Å². The molecule has 32 heavy (non-hydrogen) atoms. The van der Waals surface area contributed by atoms with Crippen molar-refractivity contribution in [1.82, 2.24) is 19.9 Å². The monoisotopic (exact) mass is 487 g/mol. The van der Waals surface area contributed by atoms with Crippen molar-refractivity contribution in [1.29, 1.82) is 0 Å². The fraction of sp³-hybridized carbons (Fsp3) is 0.160. The normalized spacial score (nSPS) is 13.7. The topological polar surface area (TPSA) is 87.9 Å². The SMILES string of the molecule is Nc1ccc(-c2nc3c(c(=O)[nH]2)CN(Cc2cnccc2-c2cccc(Br)c2)CC3)cc1. The Kier molecular flexibility index (Phi) is 5.59. The molecule has 6 nitrogen and oxygen atoms in total. The Balaban J connectivity index is 1.40. The number of halogens is 1. The van der Waals surface area contributed by atoms with Gasteiger partial charge < -0.3 is 10.7 Å². The summed E-state index contributed by atoms with van der Waals surface area (Å²) in [6, 6.07) is 17.7. The van der Waals surface area contributed by atoms with Crippen LogP contribution in [0, 0.1) is 0 Å². The molecular weight excluding hydrogens is 466 g/mol. The van der Waals surface area contributed by atoms with Crippen LogP contribution in [0.2, 0.25) is 0 Å². The Hall–Kier alpha value is -3.29. The minimum absolute atomic E-state index is 0.0788. The number of aromatic amines is 1. The second kappa shape index (κ2) is 8.68. The average molecular weight is 488 g/mol. The van der Waals surface area contributed by atoms with Crippen molar-refractivity contribution in [2.75, 3.05) is 12.3 Å². The third-order valence-corrected chi connectivity index (χ3v) is 6.26. The van der Waals surface area contributed by atoms with Crippen molar-refractivity contribution in [2.45, 2.75) is 19.5 Å². The van der Waals surface area contributed by atoms with E-state index in [0.29, 0.717) is 24.6 Å². The van der Waals surface area contributed by atoms with E-state index < -0.39 is 0 Å². The highest BCUT2D eigenvalue weighted by atomic mass is 79.9. The molecule has 0 atom stereocenters. The van der Waals surface area contributed by atoms with Gasteiger partial charge in [0.1, 0.15) is 5.82 Å². The Morgan fingerprint density at radius 2 is 1.94 bits per heavy atom. The maximum atomic E-state index is 12.9. The van der Waals surface area contributed by atoms with Crippen LogP contribution in [0.5, 0.6) is 0 Å². The highest BCUT2D eigenvalue weighted by Crippen LogP contribution is 2.28. The van der Waals surface area contributed by atoms with E-state index in [1.807, 2.05) is 54.9 Å². The largest absolute Gasteiger partial charge is 0.399 e. The molecule has 2 aromatic heterocycles. The Morgan fingerprint density at radius 3 is 2.75 bits per heavy atom. The molecule has 0 radical (unpaired) electrons. The van der Waals surface area contributed by atoms with Crippen LogP contribution in [0.4, 0.5) is 5.69 Å². The van der Waals surface area contributed by atoms with Gasteiger partial charge in [0.25, 0.3) is 5.56 Å². The number of hydrogen-bond donors (Lipinski definition) is 2. The molecule has 0 aliphatic carbocycles. The number of nitrogens with zero attached hydrogens (tertiary/aromatic N) is 3. The number of nitrogens with two attached hydrogens (primary N) is 1. The summed E-state index contributed by atoms with van der Waals surface area (Å²) in [5, 5.41) is 0. The van der Waals surface area contributed by atoms with E-state index in [1.54, 1.807) is 0 Å². The molecule has 1 aliphatic heterocycles. The van der Waals surface area contributed by atoms with E-state index in [0.717, 1.165) is 50.9 Å². The molecule has 0 bridgehead atoms. The van der Waals surface area contributed by atoms with Gasteiger partial charge in [0, 0.05) is 54.2 Å². The molecule has 0 unspecified atom stereocenters. The van der Waals surface area contributed by atoms with Crippen molar-refractivity contribution in [2.24, 2.45) is 0 Å². The lowest BCUT2D eigenvalue weighted by molar-refractivity contribution is 0.242. The molecule has 4 aromatic rings. The van der Waals surface area contributed by atoms with E-state index in [1.165, 1.54) is 0 Å². The fourth-order valence-corrected chi connectivity index (χ4v) is 4.52. The summed E-state index contributed by atoms with van der Waals surface area (Å²) in [5.41, 5.74) is 12.3. The van der Waals surface area contributed by atoms with E-state index in [2.05, 4.69) is 42.9 Å². The second-order valence-corrected chi connectivity index (χ2v) is 8.88. The predicted molar refractivity (Wildman–Crippen MR) is 130 cm³/mol. The van der Waals surface area contributed by atoms with Gasteiger partial charge >= 0.3 is 0 Å². The average Bonchev–Trinajstić information content (AvgIpc) is 2.80. The zero-order chi connectivity index (χ0) is 22.1. The lowest BCUT2D eigenvalue weighted by Gasteiger charge is -2.28. The van der Waals surface area contributed by atoms with Crippen LogP contribution in [0.1, 0.15) is 16.8 Å². The lowest BCUT2D eigenvalue weighted by atomic mass is 10.00. The number of fused-ring (bicyclic) bond motifs is 1. The third-order valence-electron chi connectivity index (χ3n) is 5.76. The molecule has 3 heterocycles. The molecule has 3 N–H and O–H groups in total. The van der Waals surface area contributed by atoms with Crippen LogP contribution in [-0.4, -0.2) is 26.4 Å². The predicted octanol–water partition coefficient (Wildman–Crippen LogP) is 4.40. The lowest BCUT2D eigenvalue weighted by Crippen LogP contribution is -2.35. The summed E-state index contributed by atoms with van der Waals surface area (Å²) in [6.07, 6.45) is 4.46. The van der Waals surface area contributed by atoms with Gasteiger partial charge in [0.15, 0.2) is 0 Å². The quantitative estimate of drug-likeness (QED) is 0.416. The van der Waals surface area contributed by atoms with Crippen LogP contribution < -0.4 is 11.3 Å². The third kappa shape index (κ3) is 4.22. The van der Waals surface area contributed by atoms with Gasteiger partial charge in [-0.3, -0.25) is 14.7 Å². The van der Waals surface area contributed by atoms with Crippen molar-refractivity contribution < 1.29 is 0 Å². The minimum atomic E-state index is -0.0788. The van der Waals surface area contributed by atoms with Gasteiger partial charge in [-0.25, -0.2) is 4.98 Å². The first-order valence-corrected chi connectivity index (χ1v) is 11.3. The number of rotatable bonds is 4. The summed E-state index contributed by atoms with van der Waals surface area (Å²) in [7, 11) is 0. The Morgan fingerprint density at radius 1 is 1.09 bits per heavy atom. The first-order valence-electron chi connectivity index (χ1n) is 10.5. The van der Waals surface area contributed by atoms with Gasteiger partial charge in [0.05, 0.1) is 11.3 Å². The maximum Gasteiger partial charge on any atom is 0.255 e. The summed E-state index contributed by atoms with van der Waals surface area (Å²) >= 11 is 3.56. The highest BCUT2D eigenvalue weighted by molar-refractivity contribution is 9.10. The van der Waals surface area contributed by atoms with E-state index in [4.69, 9.17) is 10.7 Å². The number of pyridine rings is 1. The van der Waals surface area contributed by atoms with Crippen LogP contribution in [-0.2, 0) is 19.5 Å². The zero-order valence-electron chi connectivity index (χ0n) is 17.4. The van der Waals surface area contributed by atoms with Crippen molar-refractivity contribution in [3.63, 3.8) is 0 Å². The molecule has 0 saturated heterocycles. The molecule has 0 spiro atoms. The van der Waals surface area contributed by atoms with Crippen LogP contribution in [0.15, 0.2) is 76.3 Å². The van der Waals surface area contributed by atoms with Crippen molar-refractivity contribution >= 4 is 21.6 Å². The number of hydrogen-bond acceptors (Lipinski definition) is 5. The minimum Gasteiger partial charge on any atom is -0.399 e.